The summed E-state index contributed by atoms with van der Waals surface area (Å²) in [5.41, 5.74) is 6.10. The first-order valence-corrected chi connectivity index (χ1v) is 11.1. The van der Waals surface area contributed by atoms with Crippen molar-refractivity contribution in [2.75, 3.05) is 25.0 Å². The van der Waals surface area contributed by atoms with E-state index in [0.717, 1.165) is 49.2 Å². The smallest absolute Gasteiger partial charge is 0.321 e. The molecule has 1 spiro atoms. The zero-order chi connectivity index (χ0) is 20.2. The number of amides is 3. The molecule has 3 unspecified atom stereocenters. The molecule has 4 aliphatic carbocycles. The zero-order valence-corrected chi connectivity index (χ0v) is 17.3. The summed E-state index contributed by atoms with van der Waals surface area (Å²) in [6.07, 6.45) is 7.22. The minimum Gasteiger partial charge on any atom is -0.372 e. The number of nitrogens with zero attached hydrogens (tertiary/aromatic N) is 1. The van der Waals surface area contributed by atoms with E-state index in [0.29, 0.717) is 22.2 Å². The maximum absolute atomic E-state index is 12.5. The quantitative estimate of drug-likeness (QED) is 0.659. The van der Waals surface area contributed by atoms with E-state index < -0.39 is 0 Å². The Morgan fingerprint density at radius 3 is 2.55 bits per heavy atom. The minimum atomic E-state index is -0.0252. The van der Waals surface area contributed by atoms with E-state index >= 15 is 0 Å². The normalized spacial score (nSPS) is 39.8. The molecule has 6 rings (SSSR count). The van der Waals surface area contributed by atoms with Crippen molar-refractivity contribution < 1.29 is 9.59 Å². The largest absolute Gasteiger partial charge is 0.372 e. The van der Waals surface area contributed by atoms with Gasteiger partial charge in [-0.25, -0.2) is 4.79 Å². The number of benzene rings is 1. The molecule has 29 heavy (non-hydrogen) atoms. The topological polar surface area (TPSA) is 87.5 Å². The van der Waals surface area contributed by atoms with Crippen LogP contribution in [0.5, 0.6) is 0 Å². The first-order chi connectivity index (χ1) is 14.0. The summed E-state index contributed by atoms with van der Waals surface area (Å²) < 4.78 is 0. The molecule has 3 amide bonds. The molecular weight excluding hydrogens is 388 g/mol. The average molecular weight is 417 g/mol. The molecule has 1 aromatic carbocycles. The van der Waals surface area contributed by atoms with Crippen molar-refractivity contribution in [2.24, 2.45) is 34.8 Å². The highest BCUT2D eigenvalue weighted by molar-refractivity contribution is 6.33. The second-order valence-electron chi connectivity index (χ2n) is 9.51. The molecule has 0 bridgehead atoms. The van der Waals surface area contributed by atoms with E-state index in [1.54, 1.807) is 6.07 Å². The molecule has 0 radical (unpaired) electrons. The van der Waals surface area contributed by atoms with Gasteiger partial charge in [-0.05, 0) is 73.3 Å². The SMILES string of the molecule is NC=O.O=C(Nc1ccccc1Cl)N1CCC(CNC23CC4CC5CC(C2)C543)C1. The van der Waals surface area contributed by atoms with Gasteiger partial charge in [0.1, 0.15) is 0 Å². The van der Waals surface area contributed by atoms with Gasteiger partial charge in [-0.1, -0.05) is 23.7 Å². The van der Waals surface area contributed by atoms with Crippen LogP contribution in [-0.4, -0.2) is 42.5 Å². The molecule has 156 valence electrons. The summed E-state index contributed by atoms with van der Waals surface area (Å²) in [5.74, 6) is 3.73. The second-order valence-corrected chi connectivity index (χ2v) is 9.92. The number of carbonyl (C=O) groups excluding carboxylic acids is 2. The molecule has 1 saturated heterocycles. The standard InChI is InChI=1S/C21H26ClN3O.CH3NO/c22-17-3-1-2-4-18(17)24-19(26)25-6-5-13(12-25)11-23-20-9-15-7-14-8-16(10-20)21(14,15)20;2-1-3/h1-4,13-16,23H,5-12H2,(H,24,26);1H,(H2,2,3). The molecule has 6 nitrogen and oxygen atoms in total. The minimum absolute atomic E-state index is 0.0252. The van der Waals surface area contributed by atoms with Crippen LogP contribution < -0.4 is 16.4 Å². The van der Waals surface area contributed by atoms with Gasteiger partial charge in [0, 0.05) is 25.2 Å². The molecule has 4 saturated carbocycles. The van der Waals surface area contributed by atoms with Crippen LogP contribution in [0.2, 0.25) is 5.02 Å². The summed E-state index contributed by atoms with van der Waals surface area (Å²) in [7, 11) is 0. The Hall–Kier alpha value is -1.79. The van der Waals surface area contributed by atoms with Crippen LogP contribution in [0.25, 0.3) is 0 Å². The van der Waals surface area contributed by atoms with Gasteiger partial charge in [-0.2, -0.15) is 0 Å². The average Bonchev–Trinajstić information content (AvgIpc) is 3.11. The second kappa shape index (κ2) is 6.88. The lowest BCUT2D eigenvalue weighted by Crippen LogP contribution is -2.92. The number of para-hydroxylation sites is 1. The van der Waals surface area contributed by atoms with E-state index in [1.807, 2.05) is 23.1 Å². The van der Waals surface area contributed by atoms with Gasteiger partial charge in [0.25, 0.3) is 0 Å². The lowest BCUT2D eigenvalue weighted by atomic mass is 9.15. The molecule has 0 aromatic heterocycles. The number of anilines is 1. The number of carbonyl (C=O) groups is 2. The number of nitrogens with one attached hydrogen (secondary N) is 2. The highest BCUT2D eigenvalue weighted by atomic mass is 35.5. The van der Waals surface area contributed by atoms with Crippen molar-refractivity contribution in [3.05, 3.63) is 29.3 Å². The van der Waals surface area contributed by atoms with Gasteiger partial charge in [-0.3, -0.25) is 4.79 Å². The third kappa shape index (κ3) is 2.58. The fraction of sp³-hybridized carbons (Fsp3) is 0.636. The van der Waals surface area contributed by atoms with Crippen molar-refractivity contribution in [3.63, 3.8) is 0 Å². The Labute approximate surface area is 176 Å². The van der Waals surface area contributed by atoms with Crippen LogP contribution in [0.4, 0.5) is 10.5 Å². The first-order valence-electron chi connectivity index (χ1n) is 10.7. The van der Waals surface area contributed by atoms with Crippen molar-refractivity contribution in [1.29, 1.82) is 0 Å². The van der Waals surface area contributed by atoms with Gasteiger partial charge in [0.2, 0.25) is 6.41 Å². The molecule has 3 atom stereocenters. The predicted molar refractivity (Wildman–Crippen MR) is 113 cm³/mol. The molecule has 5 aliphatic rings. The Morgan fingerprint density at radius 1 is 1.24 bits per heavy atom. The van der Waals surface area contributed by atoms with Gasteiger partial charge < -0.3 is 21.3 Å². The van der Waals surface area contributed by atoms with E-state index in [-0.39, 0.29) is 12.4 Å². The Balaban J connectivity index is 0.000000573. The molecule has 4 N–H and O–H groups in total. The Morgan fingerprint density at radius 2 is 1.93 bits per heavy atom. The van der Waals surface area contributed by atoms with Gasteiger partial charge in [0.05, 0.1) is 10.7 Å². The fourth-order valence-corrected chi connectivity index (χ4v) is 7.70. The monoisotopic (exact) mass is 416 g/mol. The Kier molecular flexibility index (Phi) is 4.55. The van der Waals surface area contributed by atoms with Crippen molar-refractivity contribution in [3.8, 4) is 0 Å². The lowest BCUT2D eigenvalue weighted by molar-refractivity contribution is -0.397. The maximum Gasteiger partial charge on any atom is 0.321 e. The van der Waals surface area contributed by atoms with Crippen LogP contribution in [0.15, 0.2) is 24.3 Å². The van der Waals surface area contributed by atoms with E-state index in [2.05, 4.69) is 16.4 Å². The number of hydrogen-bond acceptors (Lipinski definition) is 3. The highest BCUT2D eigenvalue weighted by Gasteiger charge is 2.87. The first kappa shape index (κ1) is 19.2. The number of nitrogens with two attached hydrogens (primary N) is 1. The van der Waals surface area contributed by atoms with Gasteiger partial charge >= 0.3 is 6.03 Å². The van der Waals surface area contributed by atoms with Gasteiger partial charge in [0.15, 0.2) is 0 Å². The number of rotatable bonds is 4. The number of hydrogen-bond donors (Lipinski definition) is 3. The van der Waals surface area contributed by atoms with E-state index in [9.17, 15) is 4.79 Å². The van der Waals surface area contributed by atoms with Crippen LogP contribution >= 0.6 is 11.6 Å². The van der Waals surface area contributed by atoms with Crippen LogP contribution in [0, 0.1) is 29.1 Å². The molecule has 7 heteroatoms. The van der Waals surface area contributed by atoms with Crippen molar-refractivity contribution in [2.45, 2.75) is 37.6 Å². The predicted octanol–water partition coefficient (Wildman–Crippen LogP) is 3.07. The number of urea groups is 1. The van der Waals surface area contributed by atoms with E-state index in [1.165, 1.54) is 25.7 Å². The number of likely N-dealkylation sites (tertiary alicyclic amines) is 1. The molecule has 1 aliphatic heterocycles. The summed E-state index contributed by atoms with van der Waals surface area (Å²) >= 11 is 6.15. The third-order valence-electron chi connectivity index (χ3n) is 8.60. The van der Waals surface area contributed by atoms with Crippen LogP contribution in [0.3, 0.4) is 0 Å². The zero-order valence-electron chi connectivity index (χ0n) is 16.6. The van der Waals surface area contributed by atoms with Crippen LogP contribution in [0.1, 0.15) is 32.1 Å². The summed E-state index contributed by atoms with van der Waals surface area (Å²) in [6, 6.07) is 7.39. The summed E-state index contributed by atoms with van der Waals surface area (Å²) in [5, 5.41) is 7.54. The molecule has 1 heterocycles. The van der Waals surface area contributed by atoms with E-state index in [4.69, 9.17) is 16.4 Å². The van der Waals surface area contributed by atoms with Gasteiger partial charge in [-0.15, -0.1) is 0 Å². The third-order valence-corrected chi connectivity index (χ3v) is 8.93. The molecule has 5 fully saturated rings. The molecular formula is C22H29ClN4O2. The summed E-state index contributed by atoms with van der Waals surface area (Å²) in [6.45, 7) is 2.76. The number of halogens is 1. The van der Waals surface area contributed by atoms with Crippen molar-refractivity contribution >= 4 is 29.7 Å². The maximum atomic E-state index is 12.5. The fourth-order valence-electron chi connectivity index (χ4n) is 7.51. The van der Waals surface area contributed by atoms with Crippen LogP contribution in [-0.2, 0) is 4.79 Å². The lowest BCUT2D eigenvalue weighted by Gasteiger charge is -2.91. The highest BCUT2D eigenvalue weighted by Crippen LogP contribution is 2.89. The molecule has 1 aromatic rings. The summed E-state index contributed by atoms with van der Waals surface area (Å²) in [4.78, 5) is 23.1. The Bertz CT molecular complexity index is 805. The number of primary amides is 1. The van der Waals surface area contributed by atoms with Crippen molar-refractivity contribution in [1.82, 2.24) is 10.2 Å².